The van der Waals surface area contributed by atoms with Crippen LogP contribution in [0.5, 0.6) is 0 Å². The van der Waals surface area contributed by atoms with Gasteiger partial charge < -0.3 is 14.6 Å². The predicted octanol–water partition coefficient (Wildman–Crippen LogP) is 2.32. The first kappa shape index (κ1) is 16.4. The van der Waals surface area contributed by atoms with Crippen molar-refractivity contribution in [3.8, 4) is 11.4 Å². The molecule has 1 fully saturated rings. The molecule has 3 rings (SSSR count). The number of ether oxygens (including phenoxy) is 1. The van der Waals surface area contributed by atoms with Crippen LogP contribution >= 0.6 is 12.4 Å². The van der Waals surface area contributed by atoms with E-state index in [1.807, 2.05) is 0 Å². The van der Waals surface area contributed by atoms with E-state index in [0.29, 0.717) is 35.8 Å². The van der Waals surface area contributed by atoms with Crippen LogP contribution in [-0.2, 0) is 4.74 Å². The second-order valence-electron chi connectivity index (χ2n) is 4.82. The molecule has 0 spiro atoms. The molecule has 0 amide bonds. The summed E-state index contributed by atoms with van der Waals surface area (Å²) >= 11 is 0. The molecular formula is C14H15ClFN3O3. The van der Waals surface area contributed by atoms with Crippen molar-refractivity contribution < 1.29 is 18.4 Å². The van der Waals surface area contributed by atoms with Crippen LogP contribution in [-0.4, -0.2) is 35.9 Å². The topological polar surface area (TPSA) is 77.2 Å². The van der Waals surface area contributed by atoms with Crippen molar-refractivity contribution in [2.75, 3.05) is 13.7 Å². The average Bonchev–Trinajstić information content (AvgIpc) is 3.15. The van der Waals surface area contributed by atoms with Gasteiger partial charge in [-0.1, -0.05) is 17.3 Å². The van der Waals surface area contributed by atoms with Gasteiger partial charge >= 0.3 is 5.97 Å². The molecule has 1 aromatic carbocycles. The SMILES string of the molecule is COC(=O)c1ccc(-c2noc([C@H]3C[C@H](F)CN3)n2)cc1.Cl. The number of methoxy groups -OCH3 is 1. The molecule has 0 aliphatic carbocycles. The van der Waals surface area contributed by atoms with E-state index in [0.717, 1.165) is 0 Å². The van der Waals surface area contributed by atoms with Crippen molar-refractivity contribution in [3.05, 3.63) is 35.7 Å². The molecule has 22 heavy (non-hydrogen) atoms. The number of benzene rings is 1. The van der Waals surface area contributed by atoms with Crippen molar-refractivity contribution in [1.29, 1.82) is 0 Å². The fourth-order valence-corrected chi connectivity index (χ4v) is 2.25. The largest absolute Gasteiger partial charge is 0.465 e. The summed E-state index contributed by atoms with van der Waals surface area (Å²) in [5.74, 6) is 0.382. The first-order valence-electron chi connectivity index (χ1n) is 6.57. The van der Waals surface area contributed by atoms with Crippen molar-refractivity contribution in [2.24, 2.45) is 0 Å². The second-order valence-corrected chi connectivity index (χ2v) is 4.82. The lowest BCUT2D eigenvalue weighted by atomic mass is 10.1. The van der Waals surface area contributed by atoms with Crippen LogP contribution in [0, 0.1) is 0 Å². The smallest absolute Gasteiger partial charge is 0.337 e. The van der Waals surface area contributed by atoms with E-state index in [1.165, 1.54) is 7.11 Å². The average molecular weight is 328 g/mol. The molecule has 2 aromatic rings. The predicted molar refractivity (Wildman–Crippen MR) is 78.6 cm³/mol. The molecule has 2 heterocycles. The molecule has 118 valence electrons. The van der Waals surface area contributed by atoms with E-state index in [2.05, 4.69) is 20.2 Å². The first-order valence-corrected chi connectivity index (χ1v) is 6.57. The fourth-order valence-electron chi connectivity index (χ4n) is 2.25. The van der Waals surface area contributed by atoms with Gasteiger partial charge in [-0.2, -0.15) is 4.98 Å². The summed E-state index contributed by atoms with van der Waals surface area (Å²) in [6, 6.07) is 6.43. The van der Waals surface area contributed by atoms with Gasteiger partial charge in [0.05, 0.1) is 18.7 Å². The molecule has 6 nitrogen and oxygen atoms in total. The van der Waals surface area contributed by atoms with Crippen LogP contribution in [0.25, 0.3) is 11.4 Å². The van der Waals surface area contributed by atoms with Gasteiger partial charge in [-0.15, -0.1) is 12.4 Å². The zero-order valence-electron chi connectivity index (χ0n) is 11.8. The third-order valence-corrected chi connectivity index (χ3v) is 3.38. The summed E-state index contributed by atoms with van der Waals surface area (Å²) in [4.78, 5) is 15.6. The molecule has 0 unspecified atom stereocenters. The zero-order valence-corrected chi connectivity index (χ0v) is 12.6. The van der Waals surface area contributed by atoms with Crippen molar-refractivity contribution >= 4 is 18.4 Å². The van der Waals surface area contributed by atoms with Gasteiger partial charge in [0.25, 0.3) is 0 Å². The van der Waals surface area contributed by atoms with Crippen LogP contribution in [0.1, 0.15) is 28.7 Å². The lowest BCUT2D eigenvalue weighted by molar-refractivity contribution is 0.0601. The summed E-state index contributed by atoms with van der Waals surface area (Å²) in [5.41, 5.74) is 1.16. The van der Waals surface area contributed by atoms with Gasteiger partial charge in [-0.05, 0) is 12.1 Å². The summed E-state index contributed by atoms with van der Waals surface area (Å²) in [5, 5.41) is 6.87. The number of aromatic nitrogens is 2. The molecular weight excluding hydrogens is 313 g/mol. The van der Waals surface area contributed by atoms with Crippen molar-refractivity contribution in [3.63, 3.8) is 0 Å². The summed E-state index contributed by atoms with van der Waals surface area (Å²) in [6.07, 6.45) is -0.548. The van der Waals surface area contributed by atoms with Crippen molar-refractivity contribution in [1.82, 2.24) is 15.5 Å². The van der Waals surface area contributed by atoms with E-state index in [4.69, 9.17) is 4.52 Å². The molecule has 0 saturated carbocycles. The number of nitrogens with zero attached hydrogens (tertiary/aromatic N) is 2. The van der Waals surface area contributed by atoms with Crippen LogP contribution in [0.3, 0.4) is 0 Å². The summed E-state index contributed by atoms with van der Waals surface area (Å²) in [7, 11) is 1.33. The van der Waals surface area contributed by atoms with E-state index < -0.39 is 12.1 Å². The Balaban J connectivity index is 0.00000176. The minimum atomic E-state index is -0.885. The molecule has 1 aliphatic heterocycles. The number of carbonyl (C=O) groups excluding carboxylic acids is 1. The Hall–Kier alpha value is -1.99. The number of nitrogens with one attached hydrogen (secondary N) is 1. The molecule has 1 N–H and O–H groups in total. The lowest BCUT2D eigenvalue weighted by Gasteiger charge is -2.01. The third-order valence-electron chi connectivity index (χ3n) is 3.38. The number of halogens is 2. The van der Waals surface area contributed by atoms with Gasteiger partial charge in [-0.25, -0.2) is 9.18 Å². The highest BCUT2D eigenvalue weighted by atomic mass is 35.5. The standard InChI is InChI=1S/C14H14FN3O3.ClH/c1-20-14(19)9-4-2-8(3-5-9)12-17-13(21-18-12)11-6-10(15)7-16-11;/h2-5,10-11,16H,6-7H2,1H3;1H/t10-,11+;/m0./s1. The Kier molecular flexibility index (Phi) is 5.10. The maximum Gasteiger partial charge on any atom is 0.337 e. The maximum absolute atomic E-state index is 13.1. The molecule has 1 aromatic heterocycles. The molecule has 1 saturated heterocycles. The van der Waals surface area contributed by atoms with Gasteiger partial charge in [0.1, 0.15) is 6.17 Å². The van der Waals surface area contributed by atoms with Gasteiger partial charge in [0.2, 0.25) is 11.7 Å². The maximum atomic E-state index is 13.1. The Labute approximate surface area is 132 Å². The monoisotopic (exact) mass is 327 g/mol. The number of rotatable bonds is 3. The fraction of sp³-hybridized carbons (Fsp3) is 0.357. The number of esters is 1. The number of carbonyl (C=O) groups is 1. The minimum Gasteiger partial charge on any atom is -0.465 e. The quantitative estimate of drug-likeness (QED) is 0.872. The Morgan fingerprint density at radius 3 is 2.73 bits per heavy atom. The highest BCUT2D eigenvalue weighted by Gasteiger charge is 2.29. The van der Waals surface area contributed by atoms with Crippen LogP contribution in [0.4, 0.5) is 4.39 Å². The summed E-state index contributed by atoms with van der Waals surface area (Å²) < 4.78 is 22.9. The van der Waals surface area contributed by atoms with E-state index >= 15 is 0 Å². The Bertz CT molecular complexity index is 647. The second kappa shape index (κ2) is 6.85. The minimum absolute atomic E-state index is 0. The van der Waals surface area contributed by atoms with Crippen LogP contribution in [0.15, 0.2) is 28.8 Å². The number of alkyl halides is 1. The molecule has 0 bridgehead atoms. The van der Waals surface area contributed by atoms with Crippen LogP contribution in [0.2, 0.25) is 0 Å². The van der Waals surface area contributed by atoms with E-state index in [-0.39, 0.29) is 18.4 Å². The number of hydrogen-bond donors (Lipinski definition) is 1. The first-order chi connectivity index (χ1) is 10.2. The Morgan fingerprint density at radius 2 is 2.14 bits per heavy atom. The van der Waals surface area contributed by atoms with Gasteiger partial charge in [-0.3, -0.25) is 0 Å². The van der Waals surface area contributed by atoms with Crippen molar-refractivity contribution in [2.45, 2.75) is 18.6 Å². The lowest BCUT2D eigenvalue weighted by Crippen LogP contribution is -2.14. The van der Waals surface area contributed by atoms with E-state index in [9.17, 15) is 9.18 Å². The van der Waals surface area contributed by atoms with Gasteiger partial charge in [0, 0.05) is 18.5 Å². The van der Waals surface area contributed by atoms with Gasteiger partial charge in [0.15, 0.2) is 0 Å². The molecule has 2 atom stereocenters. The highest BCUT2D eigenvalue weighted by Crippen LogP contribution is 2.26. The normalized spacial score (nSPS) is 20.5. The zero-order chi connectivity index (χ0) is 14.8. The summed E-state index contributed by atoms with van der Waals surface area (Å²) in [6.45, 7) is 0.302. The van der Waals surface area contributed by atoms with E-state index in [1.54, 1.807) is 24.3 Å². The molecule has 8 heteroatoms. The van der Waals surface area contributed by atoms with Crippen LogP contribution < -0.4 is 5.32 Å². The Morgan fingerprint density at radius 1 is 1.41 bits per heavy atom. The highest BCUT2D eigenvalue weighted by molar-refractivity contribution is 5.89. The molecule has 0 radical (unpaired) electrons. The number of hydrogen-bond acceptors (Lipinski definition) is 6. The third kappa shape index (κ3) is 3.26. The molecule has 1 aliphatic rings.